The van der Waals surface area contributed by atoms with Gasteiger partial charge in [-0.05, 0) is 30.9 Å². The van der Waals surface area contributed by atoms with Gasteiger partial charge in [-0.2, -0.15) is 0 Å². The van der Waals surface area contributed by atoms with Gasteiger partial charge in [0.15, 0.2) is 0 Å². The van der Waals surface area contributed by atoms with Crippen LogP contribution in [-0.2, 0) is 4.79 Å². The fourth-order valence-corrected chi connectivity index (χ4v) is 4.53. The third kappa shape index (κ3) is 3.44. The van der Waals surface area contributed by atoms with Gasteiger partial charge in [-0.1, -0.05) is 42.1 Å². The lowest BCUT2D eigenvalue weighted by molar-refractivity contribution is -0.130. The Morgan fingerprint density at radius 1 is 1.17 bits per heavy atom. The molecule has 0 fully saturated rings. The predicted molar refractivity (Wildman–Crippen MR) is 100 cm³/mol. The lowest BCUT2D eigenvalue weighted by Crippen LogP contribution is -2.33. The molecule has 3 rings (SSSR count). The molecule has 0 bridgehead atoms. The van der Waals surface area contributed by atoms with Crippen LogP contribution in [0.1, 0.15) is 24.7 Å². The fraction of sp³-hybridized carbons (Fsp3) is 0.278. The number of hydrogen-bond donors (Lipinski definition) is 0. The summed E-state index contributed by atoms with van der Waals surface area (Å²) in [5, 5.41) is 3.58. The first-order valence-electron chi connectivity index (χ1n) is 7.93. The number of nitrogens with zero attached hydrogens (tertiary/aromatic N) is 3. The van der Waals surface area contributed by atoms with Crippen LogP contribution in [0.2, 0.25) is 0 Å². The van der Waals surface area contributed by atoms with E-state index in [1.54, 1.807) is 17.7 Å². The van der Waals surface area contributed by atoms with E-state index in [-0.39, 0.29) is 11.2 Å². The van der Waals surface area contributed by atoms with Crippen molar-refractivity contribution >= 4 is 39.2 Å². The molecule has 2 aromatic heterocycles. The molecular formula is C18H19N3OS2. The Hall–Kier alpha value is -1.92. The highest BCUT2D eigenvalue weighted by Crippen LogP contribution is 2.39. The van der Waals surface area contributed by atoms with E-state index in [4.69, 9.17) is 0 Å². The van der Waals surface area contributed by atoms with Gasteiger partial charge in [-0.15, -0.1) is 11.3 Å². The predicted octanol–water partition coefficient (Wildman–Crippen LogP) is 4.39. The number of fused-ring (bicyclic) bond motifs is 1. The van der Waals surface area contributed by atoms with Crippen molar-refractivity contribution in [3.63, 3.8) is 0 Å². The maximum atomic E-state index is 13.0. The number of hydrogen-bond acceptors (Lipinski definition) is 5. The van der Waals surface area contributed by atoms with E-state index in [0.717, 1.165) is 20.8 Å². The highest BCUT2D eigenvalue weighted by molar-refractivity contribution is 8.00. The molecule has 24 heavy (non-hydrogen) atoms. The Labute approximate surface area is 149 Å². The number of aromatic nitrogens is 2. The molecule has 124 valence electrons. The van der Waals surface area contributed by atoms with E-state index in [1.807, 2.05) is 60.5 Å². The van der Waals surface area contributed by atoms with Crippen LogP contribution in [0.5, 0.6) is 0 Å². The Morgan fingerprint density at radius 2 is 1.92 bits per heavy atom. The van der Waals surface area contributed by atoms with E-state index >= 15 is 0 Å². The zero-order valence-corrected chi connectivity index (χ0v) is 15.3. The Balaban J connectivity index is 1.99. The molecule has 4 nitrogen and oxygen atoms in total. The smallest absolute Gasteiger partial charge is 0.240 e. The van der Waals surface area contributed by atoms with Gasteiger partial charge in [-0.25, -0.2) is 9.97 Å². The van der Waals surface area contributed by atoms with Gasteiger partial charge in [0.2, 0.25) is 5.91 Å². The zero-order valence-electron chi connectivity index (χ0n) is 13.7. The monoisotopic (exact) mass is 357 g/mol. The van der Waals surface area contributed by atoms with Gasteiger partial charge in [0.25, 0.3) is 0 Å². The van der Waals surface area contributed by atoms with Crippen LogP contribution < -0.4 is 0 Å². The molecular weight excluding hydrogens is 338 g/mol. The third-order valence-corrected chi connectivity index (χ3v) is 5.94. The zero-order chi connectivity index (χ0) is 16.9. The second-order valence-electron chi connectivity index (χ2n) is 5.24. The SMILES string of the molecule is CCN(CC)C(=O)[C@@H](Sc1ncnc2sccc12)c1ccccc1. The van der Waals surface area contributed by atoms with Crippen molar-refractivity contribution in [3.05, 3.63) is 53.7 Å². The highest BCUT2D eigenvalue weighted by atomic mass is 32.2. The first-order valence-corrected chi connectivity index (χ1v) is 9.69. The minimum Gasteiger partial charge on any atom is -0.342 e. The summed E-state index contributed by atoms with van der Waals surface area (Å²) in [4.78, 5) is 24.6. The van der Waals surface area contributed by atoms with E-state index in [9.17, 15) is 4.79 Å². The average molecular weight is 358 g/mol. The van der Waals surface area contributed by atoms with Crippen molar-refractivity contribution in [1.29, 1.82) is 0 Å². The van der Waals surface area contributed by atoms with E-state index in [0.29, 0.717) is 13.1 Å². The molecule has 0 saturated carbocycles. The average Bonchev–Trinajstić information content (AvgIpc) is 3.11. The fourth-order valence-electron chi connectivity index (χ4n) is 2.56. The summed E-state index contributed by atoms with van der Waals surface area (Å²) in [7, 11) is 0. The molecule has 1 atom stereocenters. The number of rotatable bonds is 6. The van der Waals surface area contributed by atoms with Crippen molar-refractivity contribution < 1.29 is 4.79 Å². The molecule has 0 aliphatic rings. The second kappa shape index (κ2) is 7.77. The summed E-state index contributed by atoms with van der Waals surface area (Å²) >= 11 is 3.10. The third-order valence-electron chi connectivity index (χ3n) is 3.86. The van der Waals surface area contributed by atoms with Gasteiger partial charge in [-0.3, -0.25) is 4.79 Å². The van der Waals surface area contributed by atoms with Crippen LogP contribution in [0.15, 0.2) is 53.1 Å². The first kappa shape index (κ1) is 16.9. The highest BCUT2D eigenvalue weighted by Gasteiger charge is 2.27. The lowest BCUT2D eigenvalue weighted by Gasteiger charge is -2.25. The molecule has 0 aliphatic heterocycles. The summed E-state index contributed by atoms with van der Waals surface area (Å²) in [6.45, 7) is 5.43. The van der Waals surface area contributed by atoms with Crippen LogP contribution in [0.3, 0.4) is 0 Å². The largest absolute Gasteiger partial charge is 0.342 e. The summed E-state index contributed by atoms with van der Waals surface area (Å²) < 4.78 is 0. The van der Waals surface area contributed by atoms with Crippen LogP contribution in [-0.4, -0.2) is 33.9 Å². The van der Waals surface area contributed by atoms with Crippen molar-refractivity contribution in [3.8, 4) is 0 Å². The van der Waals surface area contributed by atoms with Gasteiger partial charge in [0, 0.05) is 18.5 Å². The molecule has 0 radical (unpaired) electrons. The first-order chi connectivity index (χ1) is 11.7. The molecule has 0 saturated heterocycles. The summed E-state index contributed by atoms with van der Waals surface area (Å²) in [6.07, 6.45) is 1.57. The van der Waals surface area contributed by atoms with Crippen molar-refractivity contribution in [2.24, 2.45) is 0 Å². The molecule has 1 amide bonds. The van der Waals surface area contributed by atoms with Crippen LogP contribution in [0.25, 0.3) is 10.2 Å². The summed E-state index contributed by atoms with van der Waals surface area (Å²) in [6, 6.07) is 11.9. The Kier molecular flexibility index (Phi) is 5.48. The number of benzene rings is 1. The molecule has 0 unspecified atom stereocenters. The van der Waals surface area contributed by atoms with Crippen LogP contribution in [0.4, 0.5) is 0 Å². The standard InChI is InChI=1S/C18H19N3OS2/c1-3-21(4-2)18(22)15(13-8-6-5-7-9-13)24-17-14-10-11-23-16(14)19-12-20-17/h5-12,15H,3-4H2,1-2H3/t15-/m0/s1. The van der Waals surface area contributed by atoms with Gasteiger partial charge in [0.05, 0.1) is 0 Å². The molecule has 6 heteroatoms. The lowest BCUT2D eigenvalue weighted by atomic mass is 10.1. The van der Waals surface area contributed by atoms with Gasteiger partial charge < -0.3 is 4.90 Å². The normalized spacial score (nSPS) is 12.2. The van der Waals surface area contributed by atoms with E-state index in [2.05, 4.69) is 9.97 Å². The van der Waals surface area contributed by atoms with Crippen molar-refractivity contribution in [2.45, 2.75) is 24.1 Å². The van der Waals surface area contributed by atoms with Crippen LogP contribution in [0, 0.1) is 0 Å². The van der Waals surface area contributed by atoms with Crippen LogP contribution >= 0.6 is 23.1 Å². The van der Waals surface area contributed by atoms with Gasteiger partial charge >= 0.3 is 0 Å². The number of carbonyl (C=O) groups is 1. The molecule has 3 aromatic rings. The Bertz CT molecular complexity index is 815. The second-order valence-corrected chi connectivity index (χ2v) is 7.23. The number of thiophene rings is 1. The molecule has 2 heterocycles. The van der Waals surface area contributed by atoms with E-state index < -0.39 is 0 Å². The summed E-state index contributed by atoms with van der Waals surface area (Å²) in [5.74, 6) is 0.123. The minimum atomic E-state index is -0.302. The summed E-state index contributed by atoms with van der Waals surface area (Å²) in [5.41, 5.74) is 1.00. The topological polar surface area (TPSA) is 46.1 Å². The number of thioether (sulfide) groups is 1. The molecule has 0 aliphatic carbocycles. The molecule has 0 spiro atoms. The maximum absolute atomic E-state index is 13.0. The number of carbonyl (C=O) groups excluding carboxylic acids is 1. The minimum absolute atomic E-state index is 0.123. The van der Waals surface area contributed by atoms with E-state index in [1.165, 1.54) is 11.8 Å². The Morgan fingerprint density at radius 3 is 2.62 bits per heavy atom. The quantitative estimate of drug-likeness (QED) is 0.485. The van der Waals surface area contributed by atoms with Crippen molar-refractivity contribution in [1.82, 2.24) is 14.9 Å². The van der Waals surface area contributed by atoms with Gasteiger partial charge in [0.1, 0.15) is 21.4 Å². The number of likely N-dealkylation sites (N-methyl/N-ethyl adjacent to an activating group) is 1. The maximum Gasteiger partial charge on any atom is 0.240 e. The van der Waals surface area contributed by atoms with Crippen molar-refractivity contribution in [2.75, 3.05) is 13.1 Å². The number of amides is 1. The molecule has 1 aromatic carbocycles. The molecule has 0 N–H and O–H groups in total.